The third kappa shape index (κ3) is 4.58. The molecule has 1 N–H and O–H groups in total. The summed E-state index contributed by atoms with van der Waals surface area (Å²) in [6, 6.07) is 15.4. The van der Waals surface area contributed by atoms with Gasteiger partial charge >= 0.3 is 6.03 Å². The quantitative estimate of drug-likeness (QED) is 0.844. The molecule has 0 radical (unpaired) electrons. The minimum absolute atomic E-state index is 0.0139. The number of Topliss-reactive ketones (excluding diaryl/α,β-unsaturated/α-hetero) is 1. The van der Waals surface area contributed by atoms with Gasteiger partial charge < -0.3 is 20.0 Å². The van der Waals surface area contributed by atoms with E-state index in [9.17, 15) is 9.59 Å². The van der Waals surface area contributed by atoms with Crippen molar-refractivity contribution in [1.82, 2.24) is 4.90 Å². The summed E-state index contributed by atoms with van der Waals surface area (Å²) in [5, 5.41) is 2.89. The summed E-state index contributed by atoms with van der Waals surface area (Å²) in [7, 11) is 4.05. The number of ketones is 1. The lowest BCUT2D eigenvalue weighted by Gasteiger charge is -2.36. The molecule has 1 aliphatic heterocycles. The maximum Gasteiger partial charge on any atom is 0.321 e. The highest BCUT2D eigenvalue weighted by Gasteiger charge is 2.21. The molecule has 27 heavy (non-hydrogen) atoms. The maximum absolute atomic E-state index is 12.5. The molecule has 6 heteroatoms. The van der Waals surface area contributed by atoms with Crippen molar-refractivity contribution in [3.05, 3.63) is 54.1 Å². The zero-order valence-corrected chi connectivity index (χ0v) is 16.1. The Kier molecular flexibility index (Phi) is 5.64. The highest BCUT2D eigenvalue weighted by Crippen LogP contribution is 2.21. The standard InChI is InChI=1S/C21H26N4O2/c1-16(26)17-5-4-6-18(15-17)22-21(27)25-13-11-24(12-14-25)20-9-7-19(8-10-20)23(2)3/h4-10,15H,11-14H2,1-3H3,(H,22,27). The van der Waals surface area contributed by atoms with Gasteiger partial charge in [0, 0.05) is 62.9 Å². The number of hydrogen-bond donors (Lipinski definition) is 1. The van der Waals surface area contributed by atoms with Crippen LogP contribution in [0.4, 0.5) is 21.9 Å². The number of benzene rings is 2. The van der Waals surface area contributed by atoms with Gasteiger partial charge in [0.2, 0.25) is 0 Å². The maximum atomic E-state index is 12.5. The highest BCUT2D eigenvalue weighted by atomic mass is 16.2. The molecule has 6 nitrogen and oxygen atoms in total. The molecule has 3 rings (SSSR count). The molecule has 2 amide bonds. The number of carbonyl (C=O) groups excluding carboxylic acids is 2. The summed E-state index contributed by atoms with van der Waals surface area (Å²) in [5.74, 6) is -0.0139. The van der Waals surface area contributed by atoms with E-state index in [0.29, 0.717) is 24.3 Å². The van der Waals surface area contributed by atoms with E-state index in [0.717, 1.165) is 13.1 Å². The second-order valence-corrected chi connectivity index (χ2v) is 6.95. The SMILES string of the molecule is CC(=O)c1cccc(NC(=O)N2CCN(c3ccc(N(C)C)cc3)CC2)c1. The molecule has 1 saturated heterocycles. The first-order chi connectivity index (χ1) is 12.9. The fourth-order valence-electron chi connectivity index (χ4n) is 3.15. The van der Waals surface area contributed by atoms with Crippen LogP contribution in [0.2, 0.25) is 0 Å². The van der Waals surface area contributed by atoms with Gasteiger partial charge in [-0.15, -0.1) is 0 Å². The first-order valence-corrected chi connectivity index (χ1v) is 9.13. The lowest BCUT2D eigenvalue weighted by Crippen LogP contribution is -2.50. The van der Waals surface area contributed by atoms with Crippen molar-refractivity contribution in [2.45, 2.75) is 6.92 Å². The van der Waals surface area contributed by atoms with Gasteiger partial charge in [0.25, 0.3) is 0 Å². The predicted octanol–water partition coefficient (Wildman–Crippen LogP) is 3.31. The molecule has 2 aromatic carbocycles. The van der Waals surface area contributed by atoms with E-state index in [-0.39, 0.29) is 11.8 Å². The molecule has 1 heterocycles. The highest BCUT2D eigenvalue weighted by molar-refractivity contribution is 5.96. The van der Waals surface area contributed by atoms with Gasteiger partial charge in [-0.2, -0.15) is 0 Å². The molecule has 0 aliphatic carbocycles. The Morgan fingerprint density at radius 1 is 0.963 bits per heavy atom. The van der Waals surface area contributed by atoms with Crippen molar-refractivity contribution in [3.63, 3.8) is 0 Å². The van der Waals surface area contributed by atoms with Crippen LogP contribution in [-0.2, 0) is 0 Å². The van der Waals surface area contributed by atoms with Crippen molar-refractivity contribution in [3.8, 4) is 0 Å². The third-order valence-corrected chi connectivity index (χ3v) is 4.82. The van der Waals surface area contributed by atoms with E-state index in [2.05, 4.69) is 39.4 Å². The number of nitrogens with zero attached hydrogens (tertiary/aromatic N) is 3. The van der Waals surface area contributed by atoms with Crippen molar-refractivity contribution < 1.29 is 9.59 Å². The van der Waals surface area contributed by atoms with E-state index in [4.69, 9.17) is 0 Å². The van der Waals surface area contributed by atoms with Crippen LogP contribution in [-0.4, -0.2) is 57.0 Å². The second kappa shape index (κ2) is 8.12. The number of nitrogens with one attached hydrogen (secondary N) is 1. The molecule has 0 atom stereocenters. The van der Waals surface area contributed by atoms with Gasteiger partial charge in [-0.3, -0.25) is 4.79 Å². The topological polar surface area (TPSA) is 55.9 Å². The van der Waals surface area contributed by atoms with Crippen molar-refractivity contribution >= 4 is 28.9 Å². The minimum atomic E-state index is -0.127. The number of amides is 2. The van der Waals surface area contributed by atoms with Crippen LogP contribution in [0.3, 0.4) is 0 Å². The lowest BCUT2D eigenvalue weighted by atomic mass is 10.1. The van der Waals surface area contributed by atoms with Crippen LogP contribution < -0.4 is 15.1 Å². The van der Waals surface area contributed by atoms with Gasteiger partial charge in [0.05, 0.1) is 0 Å². The fraction of sp³-hybridized carbons (Fsp3) is 0.333. The van der Waals surface area contributed by atoms with Crippen molar-refractivity contribution in [1.29, 1.82) is 0 Å². The molecule has 0 saturated carbocycles. The van der Waals surface area contributed by atoms with E-state index < -0.39 is 0 Å². The summed E-state index contributed by atoms with van der Waals surface area (Å²) in [6.45, 7) is 4.43. The average Bonchev–Trinajstić information content (AvgIpc) is 2.68. The van der Waals surface area contributed by atoms with Crippen LogP contribution in [0.5, 0.6) is 0 Å². The molecular formula is C21H26N4O2. The number of anilines is 3. The van der Waals surface area contributed by atoms with Crippen LogP contribution in [0.25, 0.3) is 0 Å². The predicted molar refractivity (Wildman–Crippen MR) is 110 cm³/mol. The Morgan fingerprint density at radius 2 is 1.63 bits per heavy atom. The Morgan fingerprint density at radius 3 is 2.22 bits per heavy atom. The summed E-state index contributed by atoms with van der Waals surface area (Å²) in [4.78, 5) is 30.2. The Labute approximate surface area is 160 Å². The van der Waals surface area contributed by atoms with E-state index in [1.807, 2.05) is 19.0 Å². The van der Waals surface area contributed by atoms with Crippen molar-refractivity contribution in [2.75, 3.05) is 55.4 Å². The Hall–Kier alpha value is -3.02. The molecule has 0 spiro atoms. The Bertz CT molecular complexity index is 809. The van der Waals surface area contributed by atoms with Crippen LogP contribution in [0.15, 0.2) is 48.5 Å². The van der Waals surface area contributed by atoms with E-state index in [1.54, 1.807) is 24.3 Å². The number of carbonyl (C=O) groups is 2. The molecule has 2 aromatic rings. The lowest BCUT2D eigenvalue weighted by molar-refractivity contribution is 0.101. The fourth-order valence-corrected chi connectivity index (χ4v) is 3.15. The van der Waals surface area contributed by atoms with Crippen molar-refractivity contribution in [2.24, 2.45) is 0 Å². The Balaban J connectivity index is 1.56. The number of rotatable bonds is 4. The zero-order valence-electron chi connectivity index (χ0n) is 16.1. The minimum Gasteiger partial charge on any atom is -0.378 e. The first-order valence-electron chi connectivity index (χ1n) is 9.13. The number of urea groups is 1. The summed E-state index contributed by atoms with van der Waals surface area (Å²) in [5.41, 5.74) is 3.59. The molecule has 0 bridgehead atoms. The van der Waals surface area contributed by atoms with Gasteiger partial charge in [0.1, 0.15) is 0 Å². The number of hydrogen-bond acceptors (Lipinski definition) is 4. The molecule has 1 fully saturated rings. The van der Waals surface area contributed by atoms with Crippen LogP contribution in [0.1, 0.15) is 17.3 Å². The second-order valence-electron chi connectivity index (χ2n) is 6.95. The van der Waals surface area contributed by atoms with E-state index >= 15 is 0 Å². The zero-order chi connectivity index (χ0) is 19.4. The molecule has 0 aromatic heterocycles. The first kappa shape index (κ1) is 18.8. The van der Waals surface area contributed by atoms with Gasteiger partial charge in [-0.25, -0.2) is 4.79 Å². The van der Waals surface area contributed by atoms with Gasteiger partial charge in [-0.1, -0.05) is 12.1 Å². The van der Waals surface area contributed by atoms with Crippen LogP contribution >= 0.6 is 0 Å². The smallest absolute Gasteiger partial charge is 0.321 e. The summed E-state index contributed by atoms with van der Waals surface area (Å²) >= 11 is 0. The molecule has 142 valence electrons. The average molecular weight is 366 g/mol. The molecular weight excluding hydrogens is 340 g/mol. The van der Waals surface area contributed by atoms with Crippen LogP contribution in [0, 0.1) is 0 Å². The van der Waals surface area contributed by atoms with E-state index in [1.165, 1.54) is 18.3 Å². The van der Waals surface area contributed by atoms with Gasteiger partial charge in [-0.05, 0) is 43.3 Å². The molecule has 1 aliphatic rings. The number of piperazine rings is 1. The largest absolute Gasteiger partial charge is 0.378 e. The normalized spacial score (nSPS) is 14.0. The molecule has 0 unspecified atom stereocenters. The monoisotopic (exact) mass is 366 g/mol. The summed E-state index contributed by atoms with van der Waals surface area (Å²) in [6.07, 6.45) is 0. The van der Waals surface area contributed by atoms with Gasteiger partial charge in [0.15, 0.2) is 5.78 Å². The summed E-state index contributed by atoms with van der Waals surface area (Å²) < 4.78 is 0. The third-order valence-electron chi connectivity index (χ3n) is 4.82.